The zero-order chi connectivity index (χ0) is 14.8. The van der Waals surface area contributed by atoms with E-state index in [1.54, 1.807) is 0 Å². The van der Waals surface area contributed by atoms with Crippen molar-refractivity contribution in [2.45, 2.75) is 6.92 Å². The highest BCUT2D eigenvalue weighted by Gasteiger charge is 2.15. The number of H-pyrrole nitrogens is 1. The number of aryl methyl sites for hydroxylation is 1. The van der Waals surface area contributed by atoms with Crippen LogP contribution in [0.2, 0.25) is 0 Å². The molecule has 0 aliphatic heterocycles. The average molecular weight is 413 g/mol. The predicted octanol–water partition coefficient (Wildman–Crippen LogP) is 6.60. The maximum absolute atomic E-state index is 3.58. The molecule has 0 spiro atoms. The van der Waals surface area contributed by atoms with Crippen LogP contribution in [0.4, 0.5) is 0 Å². The van der Waals surface area contributed by atoms with Gasteiger partial charge >= 0.3 is 0 Å². The molecule has 0 radical (unpaired) electrons. The Morgan fingerprint density at radius 1 is 0.909 bits per heavy atom. The molecular weight excluding hydrogens is 401 g/mol. The molecule has 0 atom stereocenters. The van der Waals surface area contributed by atoms with Gasteiger partial charge in [-0.25, -0.2) is 0 Å². The number of aromatic nitrogens is 1. The Morgan fingerprint density at radius 2 is 1.77 bits per heavy atom. The van der Waals surface area contributed by atoms with Crippen molar-refractivity contribution < 1.29 is 0 Å². The van der Waals surface area contributed by atoms with Gasteiger partial charge in [0.25, 0.3) is 0 Å². The monoisotopic (exact) mass is 413 g/mol. The number of fused-ring (bicyclic) bond motifs is 6. The number of hydrogen-bond donors (Lipinski definition) is 1. The Bertz CT molecular complexity index is 1200. The second kappa shape index (κ2) is 4.46. The second-order valence-electron chi connectivity index (χ2n) is 5.71. The molecule has 0 unspecified atom stereocenters. The first-order valence-corrected chi connectivity index (χ1v) is 9.14. The quantitative estimate of drug-likeness (QED) is 0.275. The lowest BCUT2D eigenvalue weighted by molar-refractivity contribution is 1.55. The maximum atomic E-state index is 3.58. The SMILES string of the molecule is Cc1cccc2sc3c(I)c4c(cc3c12)[nH]c1ccccc14. The minimum atomic E-state index is 1.22. The molecule has 1 N–H and O–H groups in total. The van der Waals surface area contributed by atoms with Crippen LogP contribution in [0.1, 0.15) is 5.56 Å². The molecule has 5 aromatic rings. The molecule has 3 aromatic carbocycles. The summed E-state index contributed by atoms with van der Waals surface area (Å²) in [6.45, 7) is 2.21. The van der Waals surface area contributed by atoms with Gasteiger partial charge in [0.05, 0.1) is 0 Å². The number of halogens is 1. The minimum absolute atomic E-state index is 1.22. The van der Waals surface area contributed by atoms with Gasteiger partial charge in [0.2, 0.25) is 0 Å². The van der Waals surface area contributed by atoms with Crippen molar-refractivity contribution in [2.75, 3.05) is 0 Å². The highest BCUT2D eigenvalue weighted by Crippen LogP contribution is 2.42. The summed E-state index contributed by atoms with van der Waals surface area (Å²) < 4.78 is 4.15. The third-order valence-corrected chi connectivity index (χ3v) is 7.04. The molecule has 2 heterocycles. The number of nitrogens with one attached hydrogen (secondary N) is 1. The van der Waals surface area contributed by atoms with Gasteiger partial charge in [-0.05, 0) is 53.3 Å². The first-order valence-electron chi connectivity index (χ1n) is 7.25. The van der Waals surface area contributed by atoms with Crippen LogP contribution in [-0.2, 0) is 0 Å². The van der Waals surface area contributed by atoms with E-state index in [1.807, 2.05) is 11.3 Å². The highest BCUT2D eigenvalue weighted by molar-refractivity contribution is 14.1. The van der Waals surface area contributed by atoms with Gasteiger partial charge in [-0.15, -0.1) is 11.3 Å². The van der Waals surface area contributed by atoms with Crippen LogP contribution < -0.4 is 0 Å². The molecule has 0 aliphatic rings. The number of benzene rings is 3. The Kier molecular flexibility index (Phi) is 2.62. The molecule has 0 bridgehead atoms. The summed E-state index contributed by atoms with van der Waals surface area (Å²) in [6, 6.07) is 17.5. The molecule has 0 saturated carbocycles. The van der Waals surface area contributed by atoms with Crippen LogP contribution >= 0.6 is 33.9 Å². The lowest BCUT2D eigenvalue weighted by atomic mass is 10.1. The smallest absolute Gasteiger partial charge is 0.0496 e. The van der Waals surface area contributed by atoms with E-state index in [4.69, 9.17) is 0 Å². The fourth-order valence-corrected chi connectivity index (χ4v) is 5.82. The maximum Gasteiger partial charge on any atom is 0.0496 e. The predicted molar refractivity (Wildman–Crippen MR) is 106 cm³/mol. The van der Waals surface area contributed by atoms with Crippen molar-refractivity contribution >= 4 is 75.9 Å². The molecule has 5 rings (SSSR count). The Morgan fingerprint density at radius 3 is 2.68 bits per heavy atom. The average Bonchev–Trinajstić information content (AvgIpc) is 3.06. The van der Waals surface area contributed by atoms with Gasteiger partial charge in [0.15, 0.2) is 0 Å². The zero-order valence-corrected chi connectivity index (χ0v) is 14.9. The molecule has 0 fully saturated rings. The van der Waals surface area contributed by atoms with Gasteiger partial charge in [-0.3, -0.25) is 0 Å². The summed E-state index contributed by atoms with van der Waals surface area (Å²) in [7, 11) is 0. The van der Waals surface area contributed by atoms with E-state index in [2.05, 4.69) is 83.0 Å². The van der Waals surface area contributed by atoms with Crippen molar-refractivity contribution in [1.29, 1.82) is 0 Å². The first-order chi connectivity index (χ1) is 10.7. The third-order valence-electron chi connectivity index (χ3n) is 4.40. The largest absolute Gasteiger partial charge is 0.354 e. The summed E-state index contributed by atoms with van der Waals surface area (Å²) in [4.78, 5) is 3.58. The minimum Gasteiger partial charge on any atom is -0.354 e. The third kappa shape index (κ3) is 1.58. The summed E-state index contributed by atoms with van der Waals surface area (Å²) in [5.74, 6) is 0. The van der Waals surface area contributed by atoms with E-state index >= 15 is 0 Å². The van der Waals surface area contributed by atoms with Crippen LogP contribution in [0.5, 0.6) is 0 Å². The Balaban J connectivity index is 2.10. The fourth-order valence-electron chi connectivity index (χ4n) is 3.42. The molecule has 0 aliphatic carbocycles. The summed E-state index contributed by atoms with van der Waals surface area (Å²) in [6.07, 6.45) is 0. The molecule has 106 valence electrons. The normalized spacial score (nSPS) is 12.1. The van der Waals surface area contributed by atoms with Crippen LogP contribution in [0.15, 0.2) is 48.5 Å². The van der Waals surface area contributed by atoms with Crippen molar-refractivity contribution in [1.82, 2.24) is 4.98 Å². The molecule has 2 aromatic heterocycles. The summed E-state index contributed by atoms with van der Waals surface area (Å²) in [5, 5.41) is 5.45. The standard InChI is InChI=1S/C19H12INS/c1-10-5-4-8-15-16(10)12-9-14-17(18(20)19(12)22-15)11-6-2-3-7-13(11)21-14/h2-9,21H,1H3. The van der Waals surface area contributed by atoms with Gasteiger partial charge in [0, 0.05) is 45.5 Å². The van der Waals surface area contributed by atoms with Crippen molar-refractivity contribution in [3.8, 4) is 0 Å². The number of aromatic amines is 1. The van der Waals surface area contributed by atoms with Gasteiger partial charge < -0.3 is 4.98 Å². The van der Waals surface area contributed by atoms with Crippen LogP contribution in [0.3, 0.4) is 0 Å². The van der Waals surface area contributed by atoms with Crippen LogP contribution in [-0.4, -0.2) is 4.98 Å². The van der Waals surface area contributed by atoms with Crippen LogP contribution in [0.25, 0.3) is 42.0 Å². The molecule has 0 amide bonds. The van der Waals surface area contributed by atoms with Crippen molar-refractivity contribution in [3.05, 3.63) is 57.7 Å². The number of rotatable bonds is 0. The molecule has 3 heteroatoms. The fraction of sp³-hybridized carbons (Fsp3) is 0.0526. The summed E-state index contributed by atoms with van der Waals surface area (Å²) in [5.41, 5.74) is 3.81. The lowest BCUT2D eigenvalue weighted by Gasteiger charge is -2.00. The topological polar surface area (TPSA) is 15.8 Å². The molecule has 22 heavy (non-hydrogen) atoms. The van der Waals surface area contributed by atoms with E-state index in [0.717, 1.165) is 0 Å². The number of thiophene rings is 1. The van der Waals surface area contributed by atoms with Crippen molar-refractivity contribution in [2.24, 2.45) is 0 Å². The van der Waals surface area contributed by atoms with E-state index in [9.17, 15) is 0 Å². The Labute approximate surface area is 145 Å². The Hall–Kier alpha value is -1.59. The highest BCUT2D eigenvalue weighted by atomic mass is 127. The number of para-hydroxylation sites is 1. The molecular formula is C19H12INS. The summed E-state index contributed by atoms with van der Waals surface area (Å²) >= 11 is 4.43. The first kappa shape index (κ1) is 12.9. The molecule has 1 nitrogen and oxygen atoms in total. The zero-order valence-electron chi connectivity index (χ0n) is 11.9. The molecule has 0 saturated heterocycles. The van der Waals surface area contributed by atoms with E-state index in [1.165, 1.54) is 51.1 Å². The van der Waals surface area contributed by atoms with E-state index < -0.39 is 0 Å². The van der Waals surface area contributed by atoms with E-state index in [-0.39, 0.29) is 0 Å². The second-order valence-corrected chi connectivity index (χ2v) is 7.84. The lowest BCUT2D eigenvalue weighted by Crippen LogP contribution is -1.78. The number of hydrogen-bond acceptors (Lipinski definition) is 1. The van der Waals surface area contributed by atoms with Gasteiger partial charge in [0.1, 0.15) is 0 Å². The van der Waals surface area contributed by atoms with Crippen molar-refractivity contribution in [3.63, 3.8) is 0 Å². The van der Waals surface area contributed by atoms with Crippen LogP contribution in [0, 0.1) is 10.5 Å². The van der Waals surface area contributed by atoms with Gasteiger partial charge in [-0.2, -0.15) is 0 Å². The van der Waals surface area contributed by atoms with Gasteiger partial charge in [-0.1, -0.05) is 30.3 Å². The van der Waals surface area contributed by atoms with E-state index in [0.29, 0.717) is 0 Å².